The maximum Gasteiger partial charge on any atom is 0.229 e. The van der Waals surface area contributed by atoms with Gasteiger partial charge in [-0.15, -0.1) is 0 Å². The number of carbonyl (C=O) groups excluding carboxylic acids is 1. The molecule has 1 unspecified atom stereocenters. The Morgan fingerprint density at radius 1 is 1.67 bits per heavy atom. The number of nitrogens with one attached hydrogen (secondary N) is 1. The van der Waals surface area contributed by atoms with Crippen LogP contribution in [-0.2, 0) is 9.53 Å². The Hall–Kier alpha value is -0.680. The number of nitrogens with two attached hydrogens (primary N) is 1. The molecule has 0 aliphatic heterocycles. The monoisotopic (exact) mass is 230 g/mol. The van der Waals surface area contributed by atoms with Crippen LogP contribution in [0.2, 0.25) is 0 Å². The Morgan fingerprint density at radius 2 is 2.27 bits per heavy atom. The predicted octanol–water partition coefficient (Wildman–Crippen LogP) is 0.592. The molecule has 4 nitrogen and oxygen atoms in total. The molecule has 1 rings (SSSR count). The molecule has 1 saturated carbocycles. The highest BCUT2D eigenvalue weighted by Gasteiger charge is 2.31. The number of carbonyl (C=O) groups is 1. The molecular weight excluding hydrogens is 212 g/mol. The smallest absolute Gasteiger partial charge is 0.229 e. The topological polar surface area (TPSA) is 64.3 Å². The second-order valence-electron chi connectivity index (χ2n) is 3.88. The molecule has 0 aromatic heterocycles. The first-order valence-corrected chi connectivity index (χ1v) is 5.66. The van der Waals surface area contributed by atoms with E-state index in [-0.39, 0.29) is 22.9 Å². The van der Waals surface area contributed by atoms with Crippen LogP contribution in [-0.4, -0.2) is 29.6 Å². The lowest BCUT2D eigenvalue weighted by atomic mass is 9.89. The summed E-state index contributed by atoms with van der Waals surface area (Å²) in [4.78, 5) is 11.8. The highest BCUT2D eigenvalue weighted by Crippen LogP contribution is 2.23. The molecule has 1 amide bonds. The summed E-state index contributed by atoms with van der Waals surface area (Å²) in [7, 11) is 0. The van der Waals surface area contributed by atoms with Crippen LogP contribution in [0.25, 0.3) is 0 Å². The molecule has 0 aromatic rings. The van der Waals surface area contributed by atoms with Crippen molar-refractivity contribution in [1.82, 2.24) is 5.32 Å². The molecule has 1 aliphatic rings. The zero-order chi connectivity index (χ0) is 11.4. The average molecular weight is 230 g/mol. The third-order valence-electron chi connectivity index (χ3n) is 2.66. The van der Waals surface area contributed by atoms with Gasteiger partial charge in [-0.25, -0.2) is 0 Å². The van der Waals surface area contributed by atoms with Crippen molar-refractivity contribution in [2.45, 2.75) is 38.8 Å². The van der Waals surface area contributed by atoms with Gasteiger partial charge in [-0.1, -0.05) is 12.2 Å². The van der Waals surface area contributed by atoms with Gasteiger partial charge in [0.15, 0.2) is 0 Å². The third kappa shape index (κ3) is 3.43. The third-order valence-corrected chi connectivity index (χ3v) is 3.02. The van der Waals surface area contributed by atoms with Crippen molar-refractivity contribution in [2.75, 3.05) is 6.61 Å². The first kappa shape index (κ1) is 12.4. The Kier molecular flexibility index (Phi) is 4.47. The molecule has 0 heterocycles. The summed E-state index contributed by atoms with van der Waals surface area (Å²) >= 11 is 4.76. The Bertz CT molecular complexity index is 252. The van der Waals surface area contributed by atoms with Gasteiger partial charge in [0.05, 0.1) is 17.0 Å². The van der Waals surface area contributed by atoms with Gasteiger partial charge in [-0.2, -0.15) is 0 Å². The van der Waals surface area contributed by atoms with E-state index in [0.717, 1.165) is 19.4 Å². The van der Waals surface area contributed by atoms with Crippen molar-refractivity contribution >= 4 is 23.1 Å². The summed E-state index contributed by atoms with van der Waals surface area (Å²) in [5.41, 5.74) is 5.39. The number of amides is 1. The Labute approximate surface area is 95.5 Å². The summed E-state index contributed by atoms with van der Waals surface area (Å²) in [6.45, 7) is 4.42. The van der Waals surface area contributed by atoms with Crippen LogP contribution in [0.3, 0.4) is 0 Å². The minimum Gasteiger partial charge on any atom is -0.393 e. The predicted molar refractivity (Wildman–Crippen MR) is 62.5 cm³/mol. The van der Waals surface area contributed by atoms with E-state index in [9.17, 15) is 4.79 Å². The minimum absolute atomic E-state index is 0.0811. The SMILES string of the molecule is CCOC1CC(NC(=O)C(C)C(N)=S)C1. The van der Waals surface area contributed by atoms with E-state index in [4.69, 9.17) is 22.7 Å². The molecule has 3 N–H and O–H groups in total. The molecule has 0 saturated heterocycles. The van der Waals surface area contributed by atoms with Crippen LogP contribution < -0.4 is 11.1 Å². The van der Waals surface area contributed by atoms with Gasteiger partial charge in [0.1, 0.15) is 0 Å². The lowest BCUT2D eigenvalue weighted by Crippen LogP contribution is -2.50. The number of ether oxygens (including phenoxy) is 1. The molecule has 1 fully saturated rings. The average Bonchev–Trinajstić information content (AvgIpc) is 2.13. The zero-order valence-electron chi connectivity index (χ0n) is 9.16. The van der Waals surface area contributed by atoms with Gasteiger partial charge < -0.3 is 15.8 Å². The van der Waals surface area contributed by atoms with Crippen molar-refractivity contribution in [1.29, 1.82) is 0 Å². The van der Waals surface area contributed by atoms with E-state index in [1.807, 2.05) is 6.92 Å². The maximum absolute atomic E-state index is 11.5. The van der Waals surface area contributed by atoms with E-state index in [2.05, 4.69) is 5.32 Å². The lowest BCUT2D eigenvalue weighted by Gasteiger charge is -2.35. The molecule has 86 valence electrons. The van der Waals surface area contributed by atoms with Gasteiger partial charge in [0, 0.05) is 12.6 Å². The fraction of sp³-hybridized carbons (Fsp3) is 0.800. The standard InChI is InChI=1S/C10H18N2O2S/c1-3-14-8-4-7(5-8)12-10(13)6(2)9(11)15/h6-8H,3-5H2,1-2H3,(H2,11,15)(H,12,13). The zero-order valence-corrected chi connectivity index (χ0v) is 9.97. The van der Waals surface area contributed by atoms with E-state index in [0.29, 0.717) is 6.10 Å². The van der Waals surface area contributed by atoms with Crippen LogP contribution in [0.4, 0.5) is 0 Å². The Balaban J connectivity index is 2.21. The summed E-state index contributed by atoms with van der Waals surface area (Å²) in [6, 6.07) is 0.228. The molecule has 15 heavy (non-hydrogen) atoms. The maximum atomic E-state index is 11.5. The summed E-state index contributed by atoms with van der Waals surface area (Å²) in [5.74, 6) is -0.464. The van der Waals surface area contributed by atoms with Crippen LogP contribution in [0.5, 0.6) is 0 Å². The molecule has 5 heteroatoms. The molecule has 0 bridgehead atoms. The highest BCUT2D eigenvalue weighted by atomic mass is 32.1. The van der Waals surface area contributed by atoms with E-state index in [1.165, 1.54) is 0 Å². The first-order chi connectivity index (χ1) is 7.04. The molecule has 0 spiro atoms. The van der Waals surface area contributed by atoms with Crippen LogP contribution in [0.15, 0.2) is 0 Å². The summed E-state index contributed by atoms with van der Waals surface area (Å²) in [6.07, 6.45) is 2.09. The molecule has 1 atom stereocenters. The number of hydrogen-bond acceptors (Lipinski definition) is 3. The fourth-order valence-corrected chi connectivity index (χ4v) is 1.62. The van der Waals surface area contributed by atoms with E-state index in [1.54, 1.807) is 6.92 Å². The van der Waals surface area contributed by atoms with Gasteiger partial charge in [0.2, 0.25) is 5.91 Å². The van der Waals surface area contributed by atoms with Crippen molar-refractivity contribution in [2.24, 2.45) is 11.7 Å². The van der Waals surface area contributed by atoms with Crippen molar-refractivity contribution in [3.8, 4) is 0 Å². The van der Waals surface area contributed by atoms with Gasteiger partial charge in [-0.05, 0) is 26.7 Å². The van der Waals surface area contributed by atoms with Crippen molar-refractivity contribution in [3.63, 3.8) is 0 Å². The number of rotatable bonds is 5. The molecule has 0 radical (unpaired) electrons. The largest absolute Gasteiger partial charge is 0.393 e. The highest BCUT2D eigenvalue weighted by molar-refractivity contribution is 7.80. The number of hydrogen-bond donors (Lipinski definition) is 2. The number of thiocarbonyl (C=S) groups is 1. The molecule has 0 aromatic carbocycles. The quantitative estimate of drug-likeness (QED) is 0.679. The molecule has 1 aliphatic carbocycles. The van der Waals surface area contributed by atoms with Crippen LogP contribution in [0.1, 0.15) is 26.7 Å². The molecular formula is C10H18N2O2S. The van der Waals surface area contributed by atoms with E-state index >= 15 is 0 Å². The fourth-order valence-electron chi connectivity index (χ4n) is 1.51. The van der Waals surface area contributed by atoms with Crippen LogP contribution in [0, 0.1) is 5.92 Å². The summed E-state index contributed by atoms with van der Waals surface area (Å²) in [5, 5.41) is 2.90. The lowest BCUT2D eigenvalue weighted by molar-refractivity contribution is -0.125. The van der Waals surface area contributed by atoms with E-state index < -0.39 is 0 Å². The van der Waals surface area contributed by atoms with Crippen LogP contribution >= 0.6 is 12.2 Å². The normalized spacial score (nSPS) is 26.5. The summed E-state index contributed by atoms with van der Waals surface area (Å²) < 4.78 is 5.40. The van der Waals surface area contributed by atoms with Crippen molar-refractivity contribution < 1.29 is 9.53 Å². The van der Waals surface area contributed by atoms with Gasteiger partial charge in [-0.3, -0.25) is 4.79 Å². The second-order valence-corrected chi connectivity index (χ2v) is 4.35. The Morgan fingerprint density at radius 3 is 2.73 bits per heavy atom. The first-order valence-electron chi connectivity index (χ1n) is 5.25. The minimum atomic E-state index is -0.383. The second kappa shape index (κ2) is 5.42. The van der Waals surface area contributed by atoms with Crippen molar-refractivity contribution in [3.05, 3.63) is 0 Å². The van der Waals surface area contributed by atoms with Gasteiger partial charge >= 0.3 is 0 Å². The van der Waals surface area contributed by atoms with Gasteiger partial charge in [0.25, 0.3) is 0 Å².